The molecule has 1 fully saturated rings. The summed E-state index contributed by atoms with van der Waals surface area (Å²) in [6.45, 7) is 3.81. The van der Waals surface area contributed by atoms with Crippen LogP contribution in [0.5, 0.6) is 0 Å². The molecule has 6 nitrogen and oxygen atoms in total. The maximum absolute atomic E-state index is 13.8. The number of aromatic nitrogens is 2. The van der Waals surface area contributed by atoms with E-state index in [1.54, 1.807) is 12.1 Å². The molecule has 32 heavy (non-hydrogen) atoms. The molecule has 168 valence electrons. The number of hydrogen-bond acceptors (Lipinski definition) is 4. The molecule has 3 aromatic rings. The van der Waals surface area contributed by atoms with E-state index in [4.69, 9.17) is 16.3 Å². The van der Waals surface area contributed by atoms with Crippen LogP contribution in [0.15, 0.2) is 54.7 Å². The summed E-state index contributed by atoms with van der Waals surface area (Å²) in [5, 5.41) is 6.71. The van der Waals surface area contributed by atoms with E-state index in [2.05, 4.69) is 15.3 Å². The lowest BCUT2D eigenvalue weighted by atomic mass is 10.1. The number of amides is 1. The number of benzene rings is 2. The third-order valence-corrected chi connectivity index (χ3v) is 5.33. The zero-order valence-corrected chi connectivity index (χ0v) is 17.7. The van der Waals surface area contributed by atoms with E-state index < -0.39 is 23.3 Å². The molecule has 1 amide bonds. The molecule has 1 aliphatic rings. The Bertz CT molecular complexity index is 1080. The monoisotopic (exact) mass is 464 g/mol. The molecule has 1 aromatic heterocycles. The van der Waals surface area contributed by atoms with Gasteiger partial charge in [0.2, 0.25) is 0 Å². The van der Waals surface area contributed by atoms with Gasteiger partial charge in [-0.1, -0.05) is 23.7 Å². The number of anilines is 1. The first kappa shape index (κ1) is 22.3. The lowest BCUT2D eigenvalue weighted by molar-refractivity contribution is -0.143. The summed E-state index contributed by atoms with van der Waals surface area (Å²) < 4.78 is 47.4. The predicted octanol–water partition coefficient (Wildman–Crippen LogP) is 4.63. The van der Waals surface area contributed by atoms with Crippen LogP contribution >= 0.6 is 11.6 Å². The lowest BCUT2D eigenvalue weighted by Gasteiger charge is -2.26. The Kier molecular flexibility index (Phi) is 6.50. The predicted molar refractivity (Wildman–Crippen MR) is 114 cm³/mol. The van der Waals surface area contributed by atoms with Crippen LogP contribution in [-0.4, -0.2) is 46.9 Å². The molecule has 0 saturated carbocycles. The summed E-state index contributed by atoms with van der Waals surface area (Å²) in [5.41, 5.74) is -0.135. The first-order valence-corrected chi connectivity index (χ1v) is 10.3. The van der Waals surface area contributed by atoms with Crippen LogP contribution in [0, 0.1) is 0 Å². The number of alkyl halides is 3. The first-order valence-electron chi connectivity index (χ1n) is 9.93. The Hall–Kier alpha value is -2.88. The van der Waals surface area contributed by atoms with Gasteiger partial charge >= 0.3 is 6.18 Å². The van der Waals surface area contributed by atoms with Crippen molar-refractivity contribution < 1.29 is 22.7 Å². The van der Waals surface area contributed by atoms with Crippen molar-refractivity contribution in [1.29, 1.82) is 0 Å². The lowest BCUT2D eigenvalue weighted by Crippen LogP contribution is -2.35. The highest BCUT2D eigenvalue weighted by Crippen LogP contribution is 2.34. The minimum atomic E-state index is -4.79. The standard InChI is InChI=1S/C22H20ClF3N4O2/c23-16-3-7-18(8-4-16)30-20(22(24,25)26)19(13-27-30)21(31)28-17-5-1-15(2-6-17)14-29-9-11-32-12-10-29/h1-8,13H,9-12,14H2,(H,28,31). The molecule has 0 radical (unpaired) electrons. The number of carbonyl (C=O) groups excluding carboxylic acids is 1. The Morgan fingerprint density at radius 3 is 2.34 bits per heavy atom. The van der Waals surface area contributed by atoms with E-state index in [0.717, 1.165) is 31.4 Å². The molecule has 1 aliphatic heterocycles. The highest BCUT2D eigenvalue weighted by Gasteiger charge is 2.40. The normalized spacial score (nSPS) is 15.0. The van der Waals surface area contributed by atoms with E-state index in [-0.39, 0.29) is 5.69 Å². The van der Waals surface area contributed by atoms with E-state index in [1.165, 1.54) is 24.3 Å². The second-order valence-corrected chi connectivity index (χ2v) is 7.77. The van der Waals surface area contributed by atoms with Crippen LogP contribution in [0.2, 0.25) is 5.02 Å². The first-order chi connectivity index (χ1) is 15.3. The molecule has 0 atom stereocenters. The molecular weight excluding hydrogens is 445 g/mol. The van der Waals surface area contributed by atoms with E-state index in [1.807, 2.05) is 12.1 Å². The molecule has 0 bridgehead atoms. The van der Waals surface area contributed by atoms with Crippen molar-refractivity contribution in [2.75, 3.05) is 31.6 Å². The van der Waals surface area contributed by atoms with Gasteiger partial charge in [0, 0.05) is 30.3 Å². The summed E-state index contributed by atoms with van der Waals surface area (Å²) in [6.07, 6.45) is -3.87. The quantitative estimate of drug-likeness (QED) is 0.598. The SMILES string of the molecule is O=C(Nc1ccc(CN2CCOCC2)cc1)c1cnn(-c2ccc(Cl)cc2)c1C(F)(F)F. The fourth-order valence-corrected chi connectivity index (χ4v) is 3.60. The number of ether oxygens (including phenoxy) is 1. The smallest absolute Gasteiger partial charge is 0.379 e. The van der Waals surface area contributed by atoms with Gasteiger partial charge in [0.1, 0.15) is 0 Å². The van der Waals surface area contributed by atoms with Crippen molar-refractivity contribution in [2.24, 2.45) is 0 Å². The largest absolute Gasteiger partial charge is 0.434 e. The van der Waals surface area contributed by atoms with Gasteiger partial charge in [-0.25, -0.2) is 4.68 Å². The molecule has 1 saturated heterocycles. The number of morpholine rings is 1. The molecule has 10 heteroatoms. The fraction of sp³-hybridized carbons (Fsp3) is 0.273. The van der Waals surface area contributed by atoms with Gasteiger partial charge in [-0.15, -0.1) is 0 Å². The fourth-order valence-electron chi connectivity index (χ4n) is 3.47. The van der Waals surface area contributed by atoms with Crippen molar-refractivity contribution in [3.63, 3.8) is 0 Å². The number of rotatable bonds is 5. The molecule has 2 heterocycles. The highest BCUT2D eigenvalue weighted by molar-refractivity contribution is 6.30. The van der Waals surface area contributed by atoms with Gasteiger partial charge in [0.15, 0.2) is 5.69 Å². The topological polar surface area (TPSA) is 59.4 Å². The van der Waals surface area contributed by atoms with Crippen LogP contribution in [0.4, 0.5) is 18.9 Å². The van der Waals surface area contributed by atoms with Gasteiger partial charge < -0.3 is 10.1 Å². The zero-order chi connectivity index (χ0) is 22.7. The summed E-state index contributed by atoms with van der Waals surface area (Å²) in [6, 6.07) is 12.7. The van der Waals surface area contributed by atoms with Crippen molar-refractivity contribution >= 4 is 23.2 Å². The van der Waals surface area contributed by atoms with Gasteiger partial charge in [-0.05, 0) is 42.0 Å². The number of carbonyl (C=O) groups is 1. The summed E-state index contributed by atoms with van der Waals surface area (Å²) >= 11 is 5.82. The second kappa shape index (κ2) is 9.32. The van der Waals surface area contributed by atoms with Gasteiger partial charge in [0.25, 0.3) is 5.91 Å². The van der Waals surface area contributed by atoms with Crippen molar-refractivity contribution in [1.82, 2.24) is 14.7 Å². The van der Waals surface area contributed by atoms with Crippen LogP contribution in [0.3, 0.4) is 0 Å². The summed E-state index contributed by atoms with van der Waals surface area (Å²) in [7, 11) is 0. The number of nitrogens with zero attached hydrogens (tertiary/aromatic N) is 3. The average Bonchev–Trinajstić information content (AvgIpc) is 3.22. The Balaban J connectivity index is 1.52. The third-order valence-electron chi connectivity index (χ3n) is 5.08. The van der Waals surface area contributed by atoms with Gasteiger partial charge in [-0.2, -0.15) is 18.3 Å². The van der Waals surface area contributed by atoms with Gasteiger partial charge in [-0.3, -0.25) is 9.69 Å². The van der Waals surface area contributed by atoms with Crippen LogP contribution in [-0.2, 0) is 17.5 Å². The van der Waals surface area contributed by atoms with Crippen molar-refractivity contribution in [3.8, 4) is 5.69 Å². The Morgan fingerprint density at radius 1 is 1.06 bits per heavy atom. The molecule has 0 aliphatic carbocycles. The van der Waals surface area contributed by atoms with Crippen molar-refractivity contribution in [2.45, 2.75) is 12.7 Å². The molecule has 1 N–H and O–H groups in total. The molecule has 0 unspecified atom stereocenters. The third kappa shape index (κ3) is 5.12. The highest BCUT2D eigenvalue weighted by atomic mass is 35.5. The summed E-state index contributed by atoms with van der Waals surface area (Å²) in [5.74, 6) is -0.890. The van der Waals surface area contributed by atoms with E-state index in [9.17, 15) is 18.0 Å². The molecule has 2 aromatic carbocycles. The molecular formula is C22H20ClF3N4O2. The number of halogens is 4. The average molecular weight is 465 g/mol. The maximum Gasteiger partial charge on any atom is 0.434 e. The van der Waals surface area contributed by atoms with Crippen molar-refractivity contribution in [3.05, 3.63) is 76.6 Å². The van der Waals surface area contributed by atoms with Crippen LogP contribution in [0.25, 0.3) is 5.69 Å². The minimum Gasteiger partial charge on any atom is -0.379 e. The number of nitrogens with one attached hydrogen (secondary N) is 1. The molecule has 4 rings (SSSR count). The maximum atomic E-state index is 13.8. The van der Waals surface area contributed by atoms with Crippen LogP contribution < -0.4 is 5.32 Å². The van der Waals surface area contributed by atoms with E-state index >= 15 is 0 Å². The van der Waals surface area contributed by atoms with E-state index in [0.29, 0.717) is 28.6 Å². The Morgan fingerprint density at radius 2 is 1.72 bits per heavy atom. The zero-order valence-electron chi connectivity index (χ0n) is 16.9. The molecule has 0 spiro atoms. The second-order valence-electron chi connectivity index (χ2n) is 7.33. The van der Waals surface area contributed by atoms with Crippen LogP contribution in [0.1, 0.15) is 21.6 Å². The summed E-state index contributed by atoms with van der Waals surface area (Å²) in [4.78, 5) is 14.9. The number of hydrogen-bond donors (Lipinski definition) is 1. The van der Waals surface area contributed by atoms with Gasteiger partial charge in [0.05, 0.1) is 30.7 Å². The minimum absolute atomic E-state index is 0.147. The Labute approximate surface area is 187 Å².